The van der Waals surface area contributed by atoms with Crippen LogP contribution in [0.2, 0.25) is 0 Å². The lowest BCUT2D eigenvalue weighted by atomic mass is 10.1. The molecule has 8 N–H and O–H groups in total. The minimum atomic E-state index is -1.24. The zero-order valence-electron chi connectivity index (χ0n) is 34.6. The van der Waals surface area contributed by atoms with E-state index in [0.717, 1.165) is 90.9 Å². The Kier molecular flexibility index (Phi) is 20.6. The number of nitrogens with zero attached hydrogens (tertiary/aromatic N) is 5. The number of aromatic nitrogens is 3. The van der Waals surface area contributed by atoms with Crippen LogP contribution in [0.1, 0.15) is 50.2 Å². The average molecular weight is 860 g/mol. The first kappa shape index (κ1) is 47.9. The van der Waals surface area contributed by atoms with Crippen LogP contribution in [0.3, 0.4) is 0 Å². The van der Waals surface area contributed by atoms with Gasteiger partial charge in [-0.05, 0) is 24.1 Å². The Bertz CT molecular complexity index is 1830. The number of thioether (sulfide) groups is 1. The number of hydrogen-bond acceptors (Lipinski definition) is 15. The number of anilines is 2. The van der Waals surface area contributed by atoms with Crippen LogP contribution in [0.5, 0.6) is 5.75 Å². The lowest BCUT2D eigenvalue weighted by Gasteiger charge is -2.35. The van der Waals surface area contributed by atoms with E-state index in [1.165, 1.54) is 0 Å². The number of unbranched alkanes of at least 4 members (excludes halogenated alkanes) is 2. The van der Waals surface area contributed by atoms with E-state index < -0.39 is 29.1 Å². The topological polar surface area (TPSA) is 259 Å². The van der Waals surface area contributed by atoms with Crippen molar-refractivity contribution in [3.63, 3.8) is 0 Å². The van der Waals surface area contributed by atoms with Gasteiger partial charge in [-0.15, -0.1) is 11.8 Å². The van der Waals surface area contributed by atoms with Gasteiger partial charge in [0, 0.05) is 69.7 Å². The molecule has 1 saturated heterocycles. The molecular weight excluding hydrogens is 799 g/mol. The van der Waals surface area contributed by atoms with Gasteiger partial charge in [0.1, 0.15) is 22.6 Å². The van der Waals surface area contributed by atoms with Crippen molar-refractivity contribution in [2.45, 2.75) is 63.4 Å². The summed E-state index contributed by atoms with van der Waals surface area (Å²) in [5.74, 6) is -1.22. The van der Waals surface area contributed by atoms with Gasteiger partial charge in [0.05, 0.1) is 65.2 Å². The number of ether oxygens (including phenoxy) is 4. The summed E-state index contributed by atoms with van der Waals surface area (Å²) in [5, 5.41) is 23.0. The first-order chi connectivity index (χ1) is 29.0. The van der Waals surface area contributed by atoms with Crippen LogP contribution in [0.4, 0.5) is 11.8 Å². The van der Waals surface area contributed by atoms with Crippen LogP contribution in [-0.4, -0.2) is 161 Å². The molecule has 3 heterocycles. The lowest BCUT2D eigenvalue weighted by molar-refractivity contribution is -0.139. The number of fused-ring (bicyclic) bond motifs is 1. The monoisotopic (exact) mass is 859 g/mol. The number of rotatable bonds is 29. The molecular formula is C40H61N9O10S. The normalized spacial score (nSPS) is 14.2. The van der Waals surface area contributed by atoms with Gasteiger partial charge in [0.15, 0.2) is 5.82 Å². The SMILES string of the molecule is CCCCCNc1nc(N)nc2ccn(Cc3ccc(CN4CCN(C(=O)CCOCCOCCOCCNC(=O)CC(SCC(N)C(=O)O)C(=O)O)CC4)cc3OC)c12. The molecule has 332 valence electrons. The Morgan fingerprint density at radius 1 is 0.900 bits per heavy atom. The molecule has 60 heavy (non-hydrogen) atoms. The maximum absolute atomic E-state index is 12.8. The van der Waals surface area contributed by atoms with E-state index in [-0.39, 0.29) is 43.8 Å². The van der Waals surface area contributed by atoms with Crippen molar-refractivity contribution in [1.29, 1.82) is 0 Å². The summed E-state index contributed by atoms with van der Waals surface area (Å²) >= 11 is 0.812. The number of nitrogens with one attached hydrogen (secondary N) is 2. The fraction of sp³-hybridized carbons (Fsp3) is 0.600. The highest BCUT2D eigenvalue weighted by Gasteiger charge is 2.25. The van der Waals surface area contributed by atoms with Gasteiger partial charge >= 0.3 is 11.9 Å². The maximum Gasteiger partial charge on any atom is 0.321 e. The Labute approximate surface area is 354 Å². The standard InChI is InChI=1S/C40H61N9O10S/c1-3-4-5-10-44-37-36-31(45-40(42)46-37)8-12-49(36)26-29-7-6-28(23-32(29)56-2)25-47-13-15-48(16-14-47)35(51)9-17-57-19-21-59-22-20-58-18-11-43-34(50)24-33(39(54)55)60-27-30(41)38(52)53/h6-8,12,23,30,33H,3-5,9-11,13-22,24-27,41H2,1-2H3,(H,43,50)(H,52,53)(H,54,55)(H3,42,44,45,46). The minimum Gasteiger partial charge on any atom is -0.496 e. The minimum absolute atomic E-state index is 0.0617. The highest BCUT2D eigenvalue weighted by Crippen LogP contribution is 2.28. The van der Waals surface area contributed by atoms with E-state index in [4.69, 9.17) is 35.5 Å². The third kappa shape index (κ3) is 16.0. The van der Waals surface area contributed by atoms with Crippen molar-refractivity contribution in [3.05, 3.63) is 41.6 Å². The quantitative estimate of drug-likeness (QED) is 0.0545. The molecule has 2 unspecified atom stereocenters. The number of carbonyl (C=O) groups excluding carboxylic acids is 2. The third-order valence-corrected chi connectivity index (χ3v) is 11.1. The second kappa shape index (κ2) is 25.8. The number of amides is 2. The predicted molar refractivity (Wildman–Crippen MR) is 228 cm³/mol. The number of nitrogens with two attached hydrogens (primary N) is 2. The van der Waals surface area contributed by atoms with Crippen LogP contribution >= 0.6 is 11.8 Å². The van der Waals surface area contributed by atoms with E-state index in [2.05, 4.69) is 55.2 Å². The molecule has 2 amide bonds. The number of methoxy groups -OCH3 is 1. The smallest absolute Gasteiger partial charge is 0.321 e. The molecule has 1 fully saturated rings. The molecule has 0 radical (unpaired) electrons. The molecule has 19 nitrogen and oxygen atoms in total. The van der Waals surface area contributed by atoms with Gasteiger partial charge in [-0.2, -0.15) is 4.98 Å². The first-order valence-corrected chi connectivity index (χ1v) is 21.4. The largest absolute Gasteiger partial charge is 0.496 e. The van der Waals surface area contributed by atoms with E-state index >= 15 is 0 Å². The van der Waals surface area contributed by atoms with Gasteiger partial charge in [-0.1, -0.05) is 31.9 Å². The number of carboxylic acids is 2. The van der Waals surface area contributed by atoms with Crippen molar-refractivity contribution < 1.29 is 48.3 Å². The van der Waals surface area contributed by atoms with Crippen LogP contribution in [0.25, 0.3) is 11.0 Å². The van der Waals surface area contributed by atoms with Crippen molar-refractivity contribution in [2.75, 3.05) is 103 Å². The molecule has 3 aromatic rings. The van der Waals surface area contributed by atoms with Gasteiger partial charge in [0.2, 0.25) is 17.8 Å². The summed E-state index contributed by atoms with van der Waals surface area (Å²) in [6.45, 7) is 9.11. The number of carboxylic acid groups (broad SMARTS) is 2. The predicted octanol–water partition coefficient (Wildman–Crippen LogP) is 1.86. The average Bonchev–Trinajstić information content (AvgIpc) is 3.63. The molecule has 1 aliphatic heterocycles. The second-order valence-corrected chi connectivity index (χ2v) is 15.5. The van der Waals surface area contributed by atoms with Crippen LogP contribution in [0, 0.1) is 0 Å². The van der Waals surface area contributed by atoms with E-state index in [1.807, 2.05) is 17.2 Å². The first-order valence-electron chi connectivity index (χ1n) is 20.3. The second-order valence-electron chi connectivity index (χ2n) is 14.3. The maximum atomic E-state index is 12.8. The van der Waals surface area contributed by atoms with Crippen molar-refractivity contribution in [1.82, 2.24) is 29.7 Å². The summed E-state index contributed by atoms with van der Waals surface area (Å²) in [4.78, 5) is 60.3. The number of carbonyl (C=O) groups is 4. The lowest BCUT2D eigenvalue weighted by Crippen LogP contribution is -2.48. The Hall–Kier alpha value is -4.73. The van der Waals surface area contributed by atoms with E-state index in [0.29, 0.717) is 52.5 Å². The Balaban J connectivity index is 1.06. The van der Waals surface area contributed by atoms with E-state index in [9.17, 15) is 24.3 Å². The van der Waals surface area contributed by atoms with Crippen LogP contribution < -0.4 is 26.8 Å². The van der Waals surface area contributed by atoms with Crippen molar-refractivity contribution in [3.8, 4) is 5.75 Å². The van der Waals surface area contributed by atoms with Crippen molar-refractivity contribution >= 4 is 58.3 Å². The number of nitrogen functional groups attached to an aromatic ring is 1. The van der Waals surface area contributed by atoms with Crippen molar-refractivity contribution in [2.24, 2.45) is 5.73 Å². The summed E-state index contributed by atoms with van der Waals surface area (Å²) < 4.78 is 24.5. The molecule has 0 aliphatic carbocycles. The molecule has 0 spiro atoms. The Morgan fingerprint density at radius 3 is 2.30 bits per heavy atom. The van der Waals surface area contributed by atoms with Gasteiger partial charge < -0.3 is 60.7 Å². The molecule has 1 aromatic carbocycles. The zero-order valence-corrected chi connectivity index (χ0v) is 35.5. The van der Waals surface area contributed by atoms with E-state index in [1.54, 1.807) is 7.11 Å². The highest BCUT2D eigenvalue weighted by atomic mass is 32.2. The molecule has 1 aliphatic rings. The summed E-state index contributed by atoms with van der Waals surface area (Å²) in [6, 6.07) is 7.07. The zero-order chi connectivity index (χ0) is 43.3. The molecule has 20 heteroatoms. The molecule has 2 atom stereocenters. The molecule has 0 bridgehead atoms. The fourth-order valence-electron chi connectivity index (χ4n) is 6.45. The van der Waals surface area contributed by atoms with Gasteiger partial charge in [-0.25, -0.2) is 4.98 Å². The number of aliphatic carboxylic acids is 2. The summed E-state index contributed by atoms with van der Waals surface area (Å²) in [7, 11) is 1.69. The number of hydrogen-bond donors (Lipinski definition) is 6. The molecule has 0 saturated carbocycles. The fourth-order valence-corrected chi connectivity index (χ4v) is 7.44. The Morgan fingerprint density at radius 2 is 1.62 bits per heavy atom. The molecule has 4 rings (SSSR count). The van der Waals surface area contributed by atoms with Crippen LogP contribution in [0.15, 0.2) is 30.5 Å². The summed E-state index contributed by atoms with van der Waals surface area (Å²) in [6.07, 6.45) is 5.31. The van der Waals surface area contributed by atoms with Gasteiger partial charge in [0.25, 0.3) is 0 Å². The van der Waals surface area contributed by atoms with Crippen LogP contribution in [-0.2, 0) is 46.5 Å². The molecule has 2 aromatic heterocycles. The number of piperazine rings is 1. The van der Waals surface area contributed by atoms with Gasteiger partial charge in [-0.3, -0.25) is 24.1 Å². The summed E-state index contributed by atoms with van der Waals surface area (Å²) in [5.41, 5.74) is 15.3. The third-order valence-electron chi connectivity index (χ3n) is 9.74. The number of benzene rings is 1. The highest BCUT2D eigenvalue weighted by molar-refractivity contribution is 8.00.